The molecule has 1 N–H and O–H groups in total. The molecule has 1 aromatic heterocycles. The minimum Gasteiger partial charge on any atom is -0.280 e. The third-order valence-electron chi connectivity index (χ3n) is 5.09. The summed E-state index contributed by atoms with van der Waals surface area (Å²) < 4.78 is 56.4. The molecule has 0 spiro atoms. The number of aryl methyl sites for hydroxylation is 3. The zero-order valence-corrected chi connectivity index (χ0v) is 19.1. The van der Waals surface area contributed by atoms with Crippen LogP contribution in [0.5, 0.6) is 0 Å². The molecule has 0 atom stereocenters. The summed E-state index contributed by atoms with van der Waals surface area (Å²) in [5.74, 6) is 0. The molecule has 2 heterocycles. The standard InChI is InChI=1S/C21H22N2O4S3/c1-15-7-8-16(2)20(13-15)29(24,25)22-18-10-9-17-5-3-11-23(19(17)14-18)30(26,27)21-6-4-12-28-21/h4,6-10,12-14,22H,3,5,11H2,1-2H3. The third-order valence-corrected chi connectivity index (χ3v) is 9.80. The Hall–Kier alpha value is -2.36. The molecule has 4 rings (SSSR count). The minimum atomic E-state index is -3.81. The molecule has 1 aliphatic heterocycles. The van der Waals surface area contributed by atoms with Gasteiger partial charge in [-0.25, -0.2) is 16.8 Å². The van der Waals surface area contributed by atoms with Crippen LogP contribution in [0.15, 0.2) is 63.0 Å². The summed E-state index contributed by atoms with van der Waals surface area (Å²) in [5.41, 5.74) is 3.24. The van der Waals surface area contributed by atoms with E-state index >= 15 is 0 Å². The Labute approximate surface area is 181 Å². The summed E-state index contributed by atoms with van der Waals surface area (Å²) in [6.45, 7) is 3.95. The van der Waals surface area contributed by atoms with Crippen LogP contribution in [0.3, 0.4) is 0 Å². The van der Waals surface area contributed by atoms with Crippen LogP contribution in [0.4, 0.5) is 11.4 Å². The SMILES string of the molecule is Cc1ccc(C)c(S(=O)(=O)Nc2ccc3c(c2)N(S(=O)(=O)c2cccs2)CCC3)c1. The van der Waals surface area contributed by atoms with E-state index in [2.05, 4.69) is 4.72 Å². The van der Waals surface area contributed by atoms with Crippen LogP contribution in [-0.4, -0.2) is 23.4 Å². The zero-order chi connectivity index (χ0) is 21.5. The summed E-state index contributed by atoms with van der Waals surface area (Å²) in [6.07, 6.45) is 1.46. The van der Waals surface area contributed by atoms with E-state index < -0.39 is 20.0 Å². The maximum absolute atomic E-state index is 13.1. The van der Waals surface area contributed by atoms with Crippen LogP contribution < -0.4 is 9.03 Å². The van der Waals surface area contributed by atoms with Crippen LogP contribution >= 0.6 is 11.3 Å². The minimum absolute atomic E-state index is 0.211. The molecular weight excluding hydrogens is 440 g/mol. The van der Waals surface area contributed by atoms with Gasteiger partial charge in [-0.15, -0.1) is 11.3 Å². The smallest absolute Gasteiger partial charge is 0.273 e. The summed E-state index contributed by atoms with van der Waals surface area (Å²) in [4.78, 5) is 0.211. The second-order valence-corrected chi connectivity index (χ2v) is 12.0. The Morgan fingerprint density at radius 1 is 1.00 bits per heavy atom. The summed E-state index contributed by atoms with van der Waals surface area (Å²) in [5, 5.41) is 1.73. The molecule has 6 nitrogen and oxygen atoms in total. The van der Waals surface area contributed by atoms with Gasteiger partial charge in [-0.3, -0.25) is 9.03 Å². The number of fused-ring (bicyclic) bond motifs is 1. The van der Waals surface area contributed by atoms with Gasteiger partial charge in [-0.05, 0) is 73.0 Å². The normalized spacial score (nSPS) is 14.4. The van der Waals surface area contributed by atoms with E-state index in [9.17, 15) is 16.8 Å². The molecule has 1 aliphatic rings. The maximum atomic E-state index is 13.1. The second-order valence-electron chi connectivity index (χ2n) is 7.33. The molecule has 158 valence electrons. The summed E-state index contributed by atoms with van der Waals surface area (Å²) >= 11 is 1.17. The first-order chi connectivity index (χ1) is 14.2. The van der Waals surface area contributed by atoms with Crippen LogP contribution in [0.2, 0.25) is 0 Å². The first-order valence-corrected chi connectivity index (χ1v) is 13.3. The van der Waals surface area contributed by atoms with Crippen molar-refractivity contribution in [3.05, 3.63) is 70.6 Å². The predicted molar refractivity (Wildman–Crippen MR) is 120 cm³/mol. The highest BCUT2D eigenvalue weighted by atomic mass is 32.2. The van der Waals surface area contributed by atoms with E-state index in [0.717, 1.165) is 17.5 Å². The maximum Gasteiger partial charge on any atom is 0.273 e. The highest BCUT2D eigenvalue weighted by Gasteiger charge is 2.30. The fourth-order valence-corrected chi connectivity index (χ4v) is 7.60. The lowest BCUT2D eigenvalue weighted by atomic mass is 10.0. The second kappa shape index (κ2) is 7.72. The highest BCUT2D eigenvalue weighted by molar-refractivity contribution is 7.94. The zero-order valence-electron chi connectivity index (χ0n) is 16.6. The summed E-state index contributed by atoms with van der Waals surface area (Å²) in [7, 11) is -7.49. The van der Waals surface area contributed by atoms with E-state index in [0.29, 0.717) is 29.9 Å². The number of nitrogens with zero attached hydrogens (tertiary/aromatic N) is 1. The predicted octanol–water partition coefficient (Wildman–Crippen LogP) is 4.31. The molecule has 0 saturated carbocycles. The number of anilines is 2. The van der Waals surface area contributed by atoms with Crippen molar-refractivity contribution < 1.29 is 16.8 Å². The lowest BCUT2D eigenvalue weighted by Crippen LogP contribution is -2.35. The molecule has 0 saturated heterocycles. The molecule has 3 aromatic rings. The van der Waals surface area contributed by atoms with Crippen molar-refractivity contribution in [3.63, 3.8) is 0 Å². The Morgan fingerprint density at radius 3 is 2.53 bits per heavy atom. The van der Waals surface area contributed by atoms with Crippen LogP contribution in [0.1, 0.15) is 23.1 Å². The monoisotopic (exact) mass is 462 g/mol. The average molecular weight is 463 g/mol. The van der Waals surface area contributed by atoms with Crippen molar-refractivity contribution in [1.82, 2.24) is 0 Å². The van der Waals surface area contributed by atoms with Crippen molar-refractivity contribution >= 4 is 42.8 Å². The third kappa shape index (κ3) is 3.84. The number of rotatable bonds is 5. The number of hydrogen-bond donors (Lipinski definition) is 1. The van der Waals surface area contributed by atoms with E-state index in [-0.39, 0.29) is 9.10 Å². The van der Waals surface area contributed by atoms with Crippen molar-refractivity contribution in [1.29, 1.82) is 0 Å². The van der Waals surface area contributed by atoms with Gasteiger partial charge in [0.05, 0.1) is 16.3 Å². The van der Waals surface area contributed by atoms with Crippen LogP contribution in [-0.2, 0) is 26.5 Å². The summed E-state index contributed by atoms with van der Waals surface area (Å²) in [6, 6.07) is 13.6. The van der Waals surface area contributed by atoms with Crippen molar-refractivity contribution in [2.75, 3.05) is 15.6 Å². The number of thiophene rings is 1. The molecular formula is C21H22N2O4S3. The highest BCUT2D eigenvalue weighted by Crippen LogP contribution is 2.35. The van der Waals surface area contributed by atoms with Crippen molar-refractivity contribution in [2.24, 2.45) is 0 Å². The molecule has 9 heteroatoms. The Balaban J connectivity index is 1.72. The lowest BCUT2D eigenvalue weighted by molar-refractivity contribution is 0.588. The van der Waals surface area contributed by atoms with Gasteiger partial charge in [0.1, 0.15) is 4.21 Å². The molecule has 0 bridgehead atoms. The molecule has 0 aliphatic carbocycles. The molecule has 0 amide bonds. The van der Waals surface area contributed by atoms with Crippen molar-refractivity contribution in [2.45, 2.75) is 35.8 Å². The van der Waals surface area contributed by atoms with Gasteiger partial charge in [0.2, 0.25) is 0 Å². The van der Waals surface area contributed by atoms with Gasteiger partial charge >= 0.3 is 0 Å². The lowest BCUT2D eigenvalue weighted by Gasteiger charge is -2.30. The van der Waals surface area contributed by atoms with E-state index in [1.807, 2.05) is 13.0 Å². The molecule has 30 heavy (non-hydrogen) atoms. The van der Waals surface area contributed by atoms with Gasteiger partial charge in [0.15, 0.2) is 0 Å². The van der Waals surface area contributed by atoms with Gasteiger partial charge < -0.3 is 0 Å². The van der Waals surface area contributed by atoms with Crippen molar-refractivity contribution in [3.8, 4) is 0 Å². The first kappa shape index (κ1) is 20.9. The number of benzene rings is 2. The molecule has 0 unspecified atom stereocenters. The van der Waals surface area contributed by atoms with E-state index in [1.165, 1.54) is 15.6 Å². The van der Waals surface area contributed by atoms with Gasteiger partial charge in [0.25, 0.3) is 20.0 Å². The molecule has 2 aromatic carbocycles. The van der Waals surface area contributed by atoms with Gasteiger partial charge in [-0.2, -0.15) is 0 Å². The number of hydrogen-bond acceptors (Lipinski definition) is 5. The average Bonchev–Trinajstić information content (AvgIpc) is 3.24. The Kier molecular flexibility index (Phi) is 5.37. The van der Waals surface area contributed by atoms with Crippen LogP contribution in [0, 0.1) is 13.8 Å². The fraction of sp³-hybridized carbons (Fsp3) is 0.238. The Morgan fingerprint density at radius 2 is 1.80 bits per heavy atom. The van der Waals surface area contributed by atoms with Gasteiger partial charge in [0, 0.05) is 6.54 Å². The number of sulfonamides is 2. The quantitative estimate of drug-likeness (QED) is 0.613. The first-order valence-electron chi connectivity index (χ1n) is 9.48. The van der Waals surface area contributed by atoms with E-state index in [1.54, 1.807) is 54.8 Å². The Bertz CT molecular complexity index is 1300. The van der Waals surface area contributed by atoms with Gasteiger partial charge in [-0.1, -0.05) is 24.3 Å². The number of nitrogens with one attached hydrogen (secondary N) is 1. The largest absolute Gasteiger partial charge is 0.280 e. The molecule has 0 fully saturated rings. The van der Waals surface area contributed by atoms with E-state index in [4.69, 9.17) is 0 Å². The molecule has 0 radical (unpaired) electrons. The fourth-order valence-electron chi connectivity index (χ4n) is 3.58. The topological polar surface area (TPSA) is 83.6 Å². The van der Waals surface area contributed by atoms with Crippen LogP contribution in [0.25, 0.3) is 0 Å².